The second-order valence-electron chi connectivity index (χ2n) is 4.69. The first-order valence-electron chi connectivity index (χ1n) is 6.72. The highest BCUT2D eigenvalue weighted by Gasteiger charge is 2.23. The minimum Gasteiger partial charge on any atom is -0.376 e. The van der Waals surface area contributed by atoms with E-state index in [0.29, 0.717) is 13.1 Å². The number of ether oxygens (including phenoxy) is 1. The van der Waals surface area contributed by atoms with Crippen LogP contribution in [0.5, 0.6) is 0 Å². The Morgan fingerprint density at radius 3 is 3.05 bits per heavy atom. The van der Waals surface area contributed by atoms with Crippen LogP contribution in [-0.2, 0) is 4.74 Å². The molecule has 0 aromatic carbocycles. The van der Waals surface area contributed by atoms with Crippen molar-refractivity contribution in [3.05, 3.63) is 29.8 Å². The molecule has 1 saturated heterocycles. The summed E-state index contributed by atoms with van der Waals surface area (Å²) in [7, 11) is 0. The largest absolute Gasteiger partial charge is 0.376 e. The summed E-state index contributed by atoms with van der Waals surface area (Å²) in [5.41, 5.74) is 0.0765. The summed E-state index contributed by atoms with van der Waals surface area (Å²) in [5, 5.41) is 0. The van der Waals surface area contributed by atoms with E-state index < -0.39 is 5.82 Å². The number of carbonyl (C=O) groups is 1. The predicted molar refractivity (Wildman–Crippen MR) is 69.4 cm³/mol. The van der Waals surface area contributed by atoms with Gasteiger partial charge in [-0.1, -0.05) is 0 Å². The second-order valence-corrected chi connectivity index (χ2v) is 4.69. The van der Waals surface area contributed by atoms with Gasteiger partial charge in [0.05, 0.1) is 17.9 Å². The first kappa shape index (κ1) is 13.9. The van der Waals surface area contributed by atoms with E-state index in [0.717, 1.165) is 32.1 Å². The molecule has 0 unspecified atom stereocenters. The Morgan fingerprint density at radius 2 is 2.42 bits per heavy atom. The van der Waals surface area contributed by atoms with E-state index >= 15 is 0 Å². The lowest BCUT2D eigenvalue weighted by molar-refractivity contribution is -0.00321. The normalized spacial score (nSPS) is 19.2. The third-order valence-corrected chi connectivity index (χ3v) is 3.37. The van der Waals surface area contributed by atoms with Crippen LogP contribution in [0.4, 0.5) is 4.39 Å². The predicted octanol–water partition coefficient (Wildman–Crippen LogP) is 2.25. The fraction of sp³-hybridized carbons (Fsp3) is 0.571. The van der Waals surface area contributed by atoms with Crippen LogP contribution in [0, 0.1) is 5.82 Å². The molecule has 5 heteroatoms. The van der Waals surface area contributed by atoms with Gasteiger partial charge in [0.1, 0.15) is 0 Å². The number of likely N-dealkylation sites (N-methyl/N-ethyl adjacent to an activating group) is 1. The van der Waals surface area contributed by atoms with Gasteiger partial charge in [-0.25, -0.2) is 4.39 Å². The average molecular weight is 266 g/mol. The molecular formula is C14H19FN2O2. The smallest absolute Gasteiger partial charge is 0.257 e. The molecule has 1 aromatic rings. The number of pyridine rings is 1. The summed E-state index contributed by atoms with van der Waals surface area (Å²) in [6.07, 6.45) is 5.74. The van der Waals surface area contributed by atoms with Crippen LogP contribution in [-0.4, -0.2) is 41.6 Å². The van der Waals surface area contributed by atoms with E-state index in [-0.39, 0.29) is 17.6 Å². The molecule has 0 bridgehead atoms. The zero-order valence-corrected chi connectivity index (χ0v) is 11.1. The fourth-order valence-electron chi connectivity index (χ4n) is 2.27. The van der Waals surface area contributed by atoms with Gasteiger partial charge in [0.25, 0.3) is 5.91 Å². The minimum absolute atomic E-state index is 0.0718. The summed E-state index contributed by atoms with van der Waals surface area (Å²) in [6, 6.07) is 1.42. The van der Waals surface area contributed by atoms with Gasteiger partial charge in [-0.05, 0) is 32.3 Å². The van der Waals surface area contributed by atoms with Crippen molar-refractivity contribution in [2.24, 2.45) is 0 Å². The Kier molecular flexibility index (Phi) is 4.85. The summed E-state index contributed by atoms with van der Waals surface area (Å²) in [4.78, 5) is 17.6. The monoisotopic (exact) mass is 266 g/mol. The van der Waals surface area contributed by atoms with Gasteiger partial charge in [0.2, 0.25) is 0 Å². The van der Waals surface area contributed by atoms with E-state index in [4.69, 9.17) is 4.74 Å². The molecule has 1 aliphatic heterocycles. The maximum Gasteiger partial charge on any atom is 0.257 e. The number of halogens is 1. The molecule has 4 nitrogen and oxygen atoms in total. The van der Waals surface area contributed by atoms with Crippen LogP contribution in [0.15, 0.2) is 18.5 Å². The van der Waals surface area contributed by atoms with Gasteiger partial charge in [0.15, 0.2) is 5.82 Å². The second kappa shape index (κ2) is 6.61. The third-order valence-electron chi connectivity index (χ3n) is 3.37. The number of hydrogen-bond acceptors (Lipinski definition) is 3. The van der Waals surface area contributed by atoms with Crippen molar-refractivity contribution in [1.82, 2.24) is 9.88 Å². The molecule has 1 atom stereocenters. The van der Waals surface area contributed by atoms with Crippen molar-refractivity contribution < 1.29 is 13.9 Å². The number of carbonyl (C=O) groups excluding carboxylic acids is 1. The van der Waals surface area contributed by atoms with E-state index in [1.165, 1.54) is 12.3 Å². The number of aromatic nitrogens is 1. The third kappa shape index (κ3) is 3.50. The highest BCUT2D eigenvalue weighted by molar-refractivity contribution is 5.94. The molecule has 1 aliphatic rings. The Balaban J connectivity index is 2.04. The van der Waals surface area contributed by atoms with E-state index in [2.05, 4.69) is 4.98 Å². The Bertz CT molecular complexity index is 433. The van der Waals surface area contributed by atoms with E-state index in [1.807, 2.05) is 6.92 Å². The lowest BCUT2D eigenvalue weighted by Gasteiger charge is -2.29. The highest BCUT2D eigenvalue weighted by atomic mass is 19.1. The molecule has 0 saturated carbocycles. The number of amides is 1. The van der Waals surface area contributed by atoms with Crippen LogP contribution < -0.4 is 0 Å². The van der Waals surface area contributed by atoms with E-state index in [9.17, 15) is 9.18 Å². The number of hydrogen-bond donors (Lipinski definition) is 0. The molecule has 104 valence electrons. The topological polar surface area (TPSA) is 42.4 Å². The standard InChI is InChI=1S/C14H19FN2O2/c1-2-17(10-11-5-3-4-8-19-11)14(18)12-6-7-16-9-13(12)15/h6-7,9,11H,2-5,8,10H2,1H3/t11-/m1/s1. The summed E-state index contributed by atoms with van der Waals surface area (Å²) in [5.74, 6) is -0.868. The van der Waals surface area contributed by atoms with Gasteiger partial charge in [-0.3, -0.25) is 9.78 Å². The maximum absolute atomic E-state index is 13.6. The SMILES string of the molecule is CCN(C[C@H]1CCCCO1)C(=O)c1ccncc1F. The van der Waals surface area contributed by atoms with Crippen molar-refractivity contribution >= 4 is 5.91 Å². The average Bonchev–Trinajstić information content (AvgIpc) is 2.46. The minimum atomic E-state index is -0.574. The molecule has 0 aliphatic carbocycles. The quantitative estimate of drug-likeness (QED) is 0.839. The van der Waals surface area contributed by atoms with Crippen LogP contribution in [0.2, 0.25) is 0 Å². The van der Waals surface area contributed by atoms with Gasteiger partial charge in [-0.2, -0.15) is 0 Å². The first-order chi connectivity index (χ1) is 9.22. The van der Waals surface area contributed by atoms with E-state index in [1.54, 1.807) is 4.90 Å². The molecular weight excluding hydrogens is 247 g/mol. The number of nitrogens with zero attached hydrogens (tertiary/aromatic N) is 2. The van der Waals surface area contributed by atoms with Gasteiger partial charge in [-0.15, -0.1) is 0 Å². The molecule has 2 rings (SSSR count). The number of rotatable bonds is 4. The molecule has 0 N–H and O–H groups in total. The van der Waals surface area contributed by atoms with Crippen molar-refractivity contribution in [2.75, 3.05) is 19.7 Å². The fourth-order valence-corrected chi connectivity index (χ4v) is 2.27. The Morgan fingerprint density at radius 1 is 1.58 bits per heavy atom. The van der Waals surface area contributed by atoms with Crippen LogP contribution in [0.25, 0.3) is 0 Å². The molecule has 1 aromatic heterocycles. The summed E-state index contributed by atoms with van der Waals surface area (Å²) >= 11 is 0. The molecule has 1 fully saturated rings. The van der Waals surface area contributed by atoms with Gasteiger partial charge >= 0.3 is 0 Å². The molecule has 19 heavy (non-hydrogen) atoms. The van der Waals surface area contributed by atoms with Gasteiger partial charge < -0.3 is 9.64 Å². The zero-order chi connectivity index (χ0) is 13.7. The lowest BCUT2D eigenvalue weighted by atomic mass is 10.1. The van der Waals surface area contributed by atoms with Crippen molar-refractivity contribution in [3.8, 4) is 0 Å². The summed E-state index contributed by atoms with van der Waals surface area (Å²) < 4.78 is 19.2. The van der Waals surface area contributed by atoms with Crippen molar-refractivity contribution in [1.29, 1.82) is 0 Å². The Labute approximate surface area is 112 Å². The van der Waals surface area contributed by atoms with Crippen LogP contribution in [0.1, 0.15) is 36.5 Å². The summed E-state index contributed by atoms with van der Waals surface area (Å²) in [6.45, 7) is 3.71. The first-order valence-corrected chi connectivity index (χ1v) is 6.72. The zero-order valence-electron chi connectivity index (χ0n) is 11.1. The molecule has 2 heterocycles. The van der Waals surface area contributed by atoms with Crippen molar-refractivity contribution in [3.63, 3.8) is 0 Å². The van der Waals surface area contributed by atoms with Crippen LogP contribution >= 0.6 is 0 Å². The Hall–Kier alpha value is -1.49. The maximum atomic E-state index is 13.6. The molecule has 1 amide bonds. The lowest BCUT2D eigenvalue weighted by Crippen LogP contribution is -2.40. The van der Waals surface area contributed by atoms with Crippen LogP contribution in [0.3, 0.4) is 0 Å². The van der Waals surface area contributed by atoms with Crippen molar-refractivity contribution in [2.45, 2.75) is 32.3 Å². The highest BCUT2D eigenvalue weighted by Crippen LogP contribution is 2.16. The molecule has 0 spiro atoms. The molecule has 0 radical (unpaired) electrons. The van der Waals surface area contributed by atoms with Gasteiger partial charge in [0, 0.05) is 25.9 Å².